The summed E-state index contributed by atoms with van der Waals surface area (Å²) in [6.07, 6.45) is 4.63. The minimum atomic E-state index is -1.41. The second-order valence-corrected chi connectivity index (χ2v) is 2.42. The van der Waals surface area contributed by atoms with E-state index < -0.39 is 12.3 Å². The van der Waals surface area contributed by atoms with Gasteiger partial charge >= 0.3 is 0 Å². The molecule has 1 heterocycles. The van der Waals surface area contributed by atoms with Gasteiger partial charge in [0.2, 0.25) is 0 Å². The van der Waals surface area contributed by atoms with Gasteiger partial charge in [-0.05, 0) is 12.2 Å². The largest absolute Gasteiger partial charge is 0.391 e. The number of nitrogens with one attached hydrogen (secondary N) is 1. The number of aliphatic hydroxyl groups is 3. The quantitative estimate of drug-likeness (QED) is 0.402. The molecular formula is C7H11NO3. The van der Waals surface area contributed by atoms with Crippen molar-refractivity contribution in [2.45, 2.75) is 5.72 Å². The molecule has 0 aromatic rings. The van der Waals surface area contributed by atoms with E-state index in [2.05, 4.69) is 5.32 Å². The molecule has 4 heteroatoms. The van der Waals surface area contributed by atoms with Gasteiger partial charge in [-0.15, -0.1) is 0 Å². The average molecular weight is 157 g/mol. The summed E-state index contributed by atoms with van der Waals surface area (Å²) in [6, 6.07) is 0. The first-order valence-electron chi connectivity index (χ1n) is 3.31. The molecule has 0 aromatic carbocycles. The standard InChI is InChI=1S/C7H11NO3/c9-4-6-2-1-3-7(11,5-10)8-6/h1-3,8-11H,4-5H2. The zero-order chi connectivity index (χ0) is 8.32. The molecule has 1 aliphatic heterocycles. The molecule has 1 rings (SSSR count). The van der Waals surface area contributed by atoms with Crippen molar-refractivity contribution >= 4 is 0 Å². The first kappa shape index (κ1) is 8.26. The lowest BCUT2D eigenvalue weighted by atomic mass is 10.1. The summed E-state index contributed by atoms with van der Waals surface area (Å²) in [7, 11) is 0. The maximum absolute atomic E-state index is 9.38. The molecule has 0 aliphatic carbocycles. The number of hydrogen-bond donors (Lipinski definition) is 4. The van der Waals surface area contributed by atoms with E-state index in [1.807, 2.05) is 0 Å². The van der Waals surface area contributed by atoms with Crippen LogP contribution in [-0.2, 0) is 0 Å². The first-order chi connectivity index (χ1) is 5.20. The monoisotopic (exact) mass is 157 g/mol. The van der Waals surface area contributed by atoms with Gasteiger partial charge < -0.3 is 20.6 Å². The molecule has 1 atom stereocenters. The van der Waals surface area contributed by atoms with E-state index in [9.17, 15) is 5.11 Å². The van der Waals surface area contributed by atoms with Crippen LogP contribution in [0.15, 0.2) is 23.9 Å². The maximum atomic E-state index is 9.38. The highest BCUT2D eigenvalue weighted by Gasteiger charge is 2.24. The van der Waals surface area contributed by atoms with E-state index in [0.717, 1.165) is 0 Å². The van der Waals surface area contributed by atoms with Crippen molar-refractivity contribution in [2.75, 3.05) is 13.2 Å². The fourth-order valence-electron chi connectivity index (χ4n) is 0.869. The van der Waals surface area contributed by atoms with Gasteiger partial charge in [-0.1, -0.05) is 6.08 Å². The molecule has 0 bridgehead atoms. The van der Waals surface area contributed by atoms with Gasteiger partial charge in [0.05, 0.1) is 13.2 Å². The molecule has 1 unspecified atom stereocenters. The molecule has 0 saturated carbocycles. The Morgan fingerprint density at radius 1 is 1.45 bits per heavy atom. The Balaban J connectivity index is 2.68. The van der Waals surface area contributed by atoms with Crippen LogP contribution < -0.4 is 5.32 Å². The molecule has 62 valence electrons. The predicted octanol–water partition coefficient (Wildman–Crippen LogP) is -1.30. The minimum absolute atomic E-state index is 0.174. The Labute approximate surface area is 64.5 Å². The highest BCUT2D eigenvalue weighted by Crippen LogP contribution is 2.09. The molecule has 0 radical (unpaired) electrons. The lowest BCUT2D eigenvalue weighted by Crippen LogP contribution is -2.47. The Hall–Kier alpha value is -0.840. The van der Waals surface area contributed by atoms with Gasteiger partial charge in [0.15, 0.2) is 5.72 Å². The Morgan fingerprint density at radius 3 is 2.73 bits per heavy atom. The van der Waals surface area contributed by atoms with Crippen molar-refractivity contribution < 1.29 is 15.3 Å². The molecule has 4 nitrogen and oxygen atoms in total. The van der Waals surface area contributed by atoms with Crippen LogP contribution in [0.2, 0.25) is 0 Å². The van der Waals surface area contributed by atoms with E-state index in [4.69, 9.17) is 10.2 Å². The maximum Gasteiger partial charge on any atom is 0.178 e. The van der Waals surface area contributed by atoms with Gasteiger partial charge in [0.1, 0.15) is 0 Å². The Morgan fingerprint density at radius 2 is 2.18 bits per heavy atom. The molecule has 0 fully saturated rings. The zero-order valence-corrected chi connectivity index (χ0v) is 5.99. The van der Waals surface area contributed by atoms with Crippen molar-refractivity contribution in [3.63, 3.8) is 0 Å². The summed E-state index contributed by atoms with van der Waals surface area (Å²) in [4.78, 5) is 0. The first-order valence-corrected chi connectivity index (χ1v) is 3.31. The van der Waals surface area contributed by atoms with Crippen LogP contribution in [0, 0.1) is 0 Å². The summed E-state index contributed by atoms with van der Waals surface area (Å²) in [6.45, 7) is -0.590. The summed E-state index contributed by atoms with van der Waals surface area (Å²) in [5.74, 6) is 0. The summed E-state index contributed by atoms with van der Waals surface area (Å²) >= 11 is 0. The van der Waals surface area contributed by atoms with Crippen molar-refractivity contribution in [3.8, 4) is 0 Å². The molecule has 1 aliphatic rings. The lowest BCUT2D eigenvalue weighted by Gasteiger charge is -2.27. The van der Waals surface area contributed by atoms with Gasteiger partial charge in [-0.2, -0.15) is 0 Å². The highest BCUT2D eigenvalue weighted by atomic mass is 16.3. The number of allylic oxidation sites excluding steroid dienone is 2. The molecule has 11 heavy (non-hydrogen) atoms. The van der Waals surface area contributed by atoms with Crippen molar-refractivity contribution in [1.82, 2.24) is 5.32 Å². The third-order valence-electron chi connectivity index (χ3n) is 1.46. The second-order valence-electron chi connectivity index (χ2n) is 2.42. The van der Waals surface area contributed by atoms with E-state index in [-0.39, 0.29) is 6.61 Å². The third kappa shape index (κ3) is 1.80. The average Bonchev–Trinajstić information content (AvgIpc) is 2.05. The molecule has 0 saturated heterocycles. The summed E-state index contributed by atoms with van der Waals surface area (Å²) < 4.78 is 0. The minimum Gasteiger partial charge on any atom is -0.391 e. The van der Waals surface area contributed by atoms with Crippen LogP contribution in [0.5, 0.6) is 0 Å². The highest BCUT2D eigenvalue weighted by molar-refractivity contribution is 5.22. The van der Waals surface area contributed by atoms with Gasteiger partial charge in [0, 0.05) is 5.70 Å². The van der Waals surface area contributed by atoms with Crippen molar-refractivity contribution in [1.29, 1.82) is 0 Å². The second kappa shape index (κ2) is 3.04. The van der Waals surface area contributed by atoms with Crippen LogP contribution in [0.25, 0.3) is 0 Å². The van der Waals surface area contributed by atoms with Crippen LogP contribution in [0.3, 0.4) is 0 Å². The van der Waals surface area contributed by atoms with Crippen LogP contribution >= 0.6 is 0 Å². The van der Waals surface area contributed by atoms with Crippen LogP contribution in [0.4, 0.5) is 0 Å². The van der Waals surface area contributed by atoms with Gasteiger partial charge in [-0.25, -0.2) is 0 Å². The van der Waals surface area contributed by atoms with Crippen LogP contribution in [0.1, 0.15) is 0 Å². The predicted molar refractivity (Wildman–Crippen MR) is 39.5 cm³/mol. The smallest absolute Gasteiger partial charge is 0.178 e. The van der Waals surface area contributed by atoms with Crippen molar-refractivity contribution in [2.24, 2.45) is 0 Å². The lowest BCUT2D eigenvalue weighted by molar-refractivity contribution is 0.00324. The van der Waals surface area contributed by atoms with Gasteiger partial charge in [0.25, 0.3) is 0 Å². The number of dihydropyridines is 1. The molecular weight excluding hydrogens is 146 g/mol. The van der Waals surface area contributed by atoms with E-state index in [0.29, 0.717) is 5.70 Å². The normalized spacial score (nSPS) is 29.5. The van der Waals surface area contributed by atoms with Gasteiger partial charge in [-0.3, -0.25) is 0 Å². The fourth-order valence-corrected chi connectivity index (χ4v) is 0.869. The molecule has 0 amide bonds. The number of hydrogen-bond acceptors (Lipinski definition) is 4. The summed E-state index contributed by atoms with van der Waals surface area (Å²) in [5, 5.41) is 29.3. The van der Waals surface area contributed by atoms with E-state index >= 15 is 0 Å². The molecule has 4 N–H and O–H groups in total. The topological polar surface area (TPSA) is 72.7 Å². The van der Waals surface area contributed by atoms with Crippen molar-refractivity contribution in [3.05, 3.63) is 23.9 Å². The third-order valence-corrected chi connectivity index (χ3v) is 1.46. The summed E-state index contributed by atoms with van der Waals surface area (Å²) in [5.41, 5.74) is -0.920. The van der Waals surface area contributed by atoms with E-state index in [1.165, 1.54) is 6.08 Å². The number of aliphatic hydroxyl groups excluding tert-OH is 2. The number of rotatable bonds is 2. The Kier molecular flexibility index (Phi) is 2.28. The SMILES string of the molecule is OCC1=CC=CC(O)(CO)N1. The molecule has 0 aromatic heterocycles. The molecule has 0 spiro atoms. The van der Waals surface area contributed by atoms with E-state index in [1.54, 1.807) is 12.2 Å². The van der Waals surface area contributed by atoms with Crippen LogP contribution in [-0.4, -0.2) is 34.3 Å². The zero-order valence-electron chi connectivity index (χ0n) is 5.99. The Bertz CT molecular complexity index is 200. The fraction of sp³-hybridized carbons (Fsp3) is 0.429.